The summed E-state index contributed by atoms with van der Waals surface area (Å²) in [6, 6.07) is 9.41. The zero-order valence-corrected chi connectivity index (χ0v) is 14.8. The van der Waals surface area contributed by atoms with Crippen LogP contribution in [-0.2, 0) is 0 Å². The Kier molecular flexibility index (Phi) is 5.13. The van der Waals surface area contributed by atoms with E-state index in [1.54, 1.807) is 25.3 Å². The lowest BCUT2D eigenvalue weighted by atomic mass is 10.2. The van der Waals surface area contributed by atoms with E-state index < -0.39 is 0 Å². The van der Waals surface area contributed by atoms with E-state index in [9.17, 15) is 9.18 Å². The normalized spacial score (nSPS) is 12.3. The monoisotopic (exact) mass is 357 g/mol. The van der Waals surface area contributed by atoms with Crippen molar-refractivity contribution in [2.24, 2.45) is 0 Å². The quantitative estimate of drug-likeness (QED) is 0.733. The zero-order chi connectivity index (χ0) is 18.7. The van der Waals surface area contributed by atoms with Crippen molar-refractivity contribution < 1.29 is 13.6 Å². The summed E-state index contributed by atoms with van der Waals surface area (Å²) in [6.07, 6.45) is 1.60. The second-order valence-electron chi connectivity index (χ2n) is 6.12. The summed E-state index contributed by atoms with van der Waals surface area (Å²) in [5, 5.41) is 10.8. The minimum Gasteiger partial charge on any atom is -0.468 e. The number of hydrogen-bond acceptors (Lipinski definition) is 5. The molecule has 136 valence electrons. The van der Waals surface area contributed by atoms with Crippen LogP contribution in [0.25, 0.3) is 5.69 Å². The maximum Gasteiger partial charge on any atom is 0.273 e. The highest BCUT2D eigenvalue weighted by Gasteiger charge is 2.21. The molecule has 2 heterocycles. The second-order valence-corrected chi connectivity index (χ2v) is 6.12. The van der Waals surface area contributed by atoms with Gasteiger partial charge in [0.15, 0.2) is 5.69 Å². The predicted molar refractivity (Wildman–Crippen MR) is 93.5 cm³/mol. The fourth-order valence-corrected chi connectivity index (χ4v) is 2.66. The number of halogens is 1. The van der Waals surface area contributed by atoms with Crippen molar-refractivity contribution in [3.63, 3.8) is 0 Å². The number of carbonyl (C=O) groups is 1. The van der Waals surface area contributed by atoms with Crippen molar-refractivity contribution in [3.05, 3.63) is 65.6 Å². The van der Waals surface area contributed by atoms with E-state index >= 15 is 0 Å². The Morgan fingerprint density at radius 1 is 1.31 bits per heavy atom. The highest BCUT2D eigenvalue weighted by Crippen LogP contribution is 2.18. The molecule has 0 aliphatic heterocycles. The number of rotatable bonds is 6. The van der Waals surface area contributed by atoms with Crippen LogP contribution < -0.4 is 5.32 Å². The van der Waals surface area contributed by atoms with E-state index in [1.165, 1.54) is 16.8 Å². The number of benzene rings is 1. The molecule has 0 unspecified atom stereocenters. The minimum absolute atomic E-state index is 0.0959. The summed E-state index contributed by atoms with van der Waals surface area (Å²) in [7, 11) is 3.82. The summed E-state index contributed by atoms with van der Waals surface area (Å²) in [4.78, 5) is 14.5. The third-order valence-electron chi connectivity index (χ3n) is 4.13. The fraction of sp³-hybridized carbons (Fsp3) is 0.278. The van der Waals surface area contributed by atoms with Crippen LogP contribution in [0.4, 0.5) is 4.39 Å². The van der Waals surface area contributed by atoms with Gasteiger partial charge in [-0.3, -0.25) is 9.69 Å². The van der Waals surface area contributed by atoms with E-state index in [1.807, 2.05) is 31.1 Å². The molecule has 0 saturated carbocycles. The topological polar surface area (TPSA) is 76.2 Å². The lowest BCUT2D eigenvalue weighted by Crippen LogP contribution is -2.34. The van der Waals surface area contributed by atoms with Crippen LogP contribution in [0.2, 0.25) is 0 Å². The van der Waals surface area contributed by atoms with Crippen LogP contribution in [-0.4, -0.2) is 46.4 Å². The van der Waals surface area contributed by atoms with Gasteiger partial charge in [-0.15, -0.1) is 5.10 Å². The van der Waals surface area contributed by atoms with Gasteiger partial charge in [-0.2, -0.15) is 0 Å². The van der Waals surface area contributed by atoms with Crippen molar-refractivity contribution in [1.82, 2.24) is 25.2 Å². The first-order chi connectivity index (χ1) is 12.5. The van der Waals surface area contributed by atoms with Gasteiger partial charge in [-0.1, -0.05) is 5.21 Å². The molecule has 1 atom stereocenters. The zero-order valence-electron chi connectivity index (χ0n) is 14.8. The maximum absolute atomic E-state index is 13.1. The molecule has 0 fully saturated rings. The van der Waals surface area contributed by atoms with Crippen molar-refractivity contribution in [3.8, 4) is 5.69 Å². The summed E-state index contributed by atoms with van der Waals surface area (Å²) in [5.74, 6) is 0.105. The molecule has 8 heteroatoms. The summed E-state index contributed by atoms with van der Waals surface area (Å²) < 4.78 is 20.0. The average Bonchev–Trinajstić information content (AvgIpc) is 3.25. The Morgan fingerprint density at radius 3 is 2.65 bits per heavy atom. The second kappa shape index (κ2) is 7.49. The van der Waals surface area contributed by atoms with Gasteiger partial charge in [0.25, 0.3) is 5.91 Å². The van der Waals surface area contributed by atoms with E-state index in [4.69, 9.17) is 4.42 Å². The van der Waals surface area contributed by atoms with Crippen molar-refractivity contribution in [1.29, 1.82) is 0 Å². The average molecular weight is 357 g/mol. The Morgan fingerprint density at radius 2 is 2.04 bits per heavy atom. The van der Waals surface area contributed by atoms with Crippen LogP contribution in [0.1, 0.15) is 28.0 Å². The molecule has 1 N–H and O–H groups in total. The molecular formula is C18H20FN5O2. The van der Waals surface area contributed by atoms with Crippen LogP contribution in [0.5, 0.6) is 0 Å². The first kappa shape index (κ1) is 17.8. The van der Waals surface area contributed by atoms with Gasteiger partial charge < -0.3 is 9.73 Å². The number of aromatic nitrogens is 3. The highest BCUT2D eigenvalue weighted by atomic mass is 19.1. The number of amides is 1. The molecule has 3 aromatic rings. The molecule has 2 aromatic heterocycles. The largest absolute Gasteiger partial charge is 0.468 e. The first-order valence-corrected chi connectivity index (χ1v) is 8.13. The van der Waals surface area contributed by atoms with Crippen LogP contribution >= 0.6 is 0 Å². The van der Waals surface area contributed by atoms with E-state index in [0.717, 1.165) is 5.76 Å². The number of likely N-dealkylation sites (N-methyl/N-ethyl adjacent to an activating group) is 1. The number of furan rings is 1. The lowest BCUT2D eigenvalue weighted by molar-refractivity contribution is 0.0933. The maximum atomic E-state index is 13.1. The van der Waals surface area contributed by atoms with E-state index in [0.29, 0.717) is 17.9 Å². The van der Waals surface area contributed by atoms with E-state index in [-0.39, 0.29) is 23.5 Å². The SMILES string of the molecule is Cc1c(C(=O)NC[C@@H](c2ccco2)N(C)C)nnn1-c1ccc(F)cc1. The summed E-state index contributed by atoms with van der Waals surface area (Å²) in [6.45, 7) is 2.11. The van der Waals surface area contributed by atoms with E-state index in [2.05, 4.69) is 15.6 Å². The first-order valence-electron chi connectivity index (χ1n) is 8.13. The summed E-state index contributed by atoms with van der Waals surface area (Å²) in [5.41, 5.74) is 1.44. The van der Waals surface area contributed by atoms with Crippen molar-refractivity contribution >= 4 is 5.91 Å². The Labute approximate surface area is 150 Å². The molecular weight excluding hydrogens is 337 g/mol. The molecule has 0 radical (unpaired) electrons. The number of carbonyl (C=O) groups excluding carboxylic acids is 1. The van der Waals surface area contributed by atoms with Gasteiger partial charge in [0.1, 0.15) is 11.6 Å². The molecule has 3 rings (SSSR count). The number of hydrogen-bond donors (Lipinski definition) is 1. The standard InChI is InChI=1S/C18H20FN5O2/c1-12-17(21-22-24(12)14-8-6-13(19)7-9-14)18(25)20-11-15(23(2)3)16-5-4-10-26-16/h4-10,15H,11H2,1-3H3,(H,20,25)/t15-/m0/s1. The molecule has 0 bridgehead atoms. The Hall–Kier alpha value is -3.00. The predicted octanol–water partition coefficient (Wildman–Crippen LogP) is 2.34. The molecule has 0 spiro atoms. The van der Waals surface area contributed by atoms with Gasteiger partial charge in [0.05, 0.1) is 23.7 Å². The molecule has 1 aromatic carbocycles. The molecule has 1 amide bonds. The van der Waals surface area contributed by atoms with Gasteiger partial charge >= 0.3 is 0 Å². The van der Waals surface area contributed by atoms with Crippen LogP contribution in [0.15, 0.2) is 47.1 Å². The van der Waals surface area contributed by atoms with Gasteiger partial charge in [-0.25, -0.2) is 9.07 Å². The number of nitrogens with zero attached hydrogens (tertiary/aromatic N) is 4. The third kappa shape index (κ3) is 3.65. The third-order valence-corrected chi connectivity index (χ3v) is 4.13. The molecule has 7 nitrogen and oxygen atoms in total. The molecule has 0 saturated heterocycles. The van der Waals surface area contributed by atoms with Crippen LogP contribution in [0.3, 0.4) is 0 Å². The van der Waals surface area contributed by atoms with Crippen molar-refractivity contribution in [2.75, 3.05) is 20.6 Å². The minimum atomic E-state index is -0.336. The summed E-state index contributed by atoms with van der Waals surface area (Å²) >= 11 is 0. The van der Waals surface area contributed by atoms with Gasteiger partial charge in [0.2, 0.25) is 0 Å². The smallest absolute Gasteiger partial charge is 0.273 e. The molecule has 0 aliphatic carbocycles. The van der Waals surface area contributed by atoms with Crippen molar-refractivity contribution in [2.45, 2.75) is 13.0 Å². The lowest BCUT2D eigenvalue weighted by Gasteiger charge is -2.22. The Balaban J connectivity index is 1.73. The molecule has 0 aliphatic rings. The fourth-order valence-electron chi connectivity index (χ4n) is 2.66. The van der Waals surface area contributed by atoms with Gasteiger partial charge in [-0.05, 0) is 57.4 Å². The highest BCUT2D eigenvalue weighted by molar-refractivity contribution is 5.93. The molecule has 26 heavy (non-hydrogen) atoms. The van der Waals surface area contributed by atoms with Gasteiger partial charge in [0, 0.05) is 6.54 Å². The Bertz CT molecular complexity index is 872. The van der Waals surface area contributed by atoms with Crippen LogP contribution in [0, 0.1) is 12.7 Å². The number of nitrogens with one attached hydrogen (secondary N) is 1.